The maximum atomic E-state index is 6.47. The standard InChI is InChI=1S/C21H27Cl2NO2/c1-4-25-20-12-17(13-24-9-8-15(2)3)11-19(23)21(20)26-14-16-6-5-7-18(22)10-16/h5-7,10-12,15,24H,4,8-9,13-14H2,1-3H3. The van der Waals surface area contributed by atoms with Crippen LogP contribution in [0.3, 0.4) is 0 Å². The van der Waals surface area contributed by atoms with Gasteiger partial charge in [0.2, 0.25) is 0 Å². The van der Waals surface area contributed by atoms with E-state index in [9.17, 15) is 0 Å². The Morgan fingerprint density at radius 2 is 1.85 bits per heavy atom. The summed E-state index contributed by atoms with van der Waals surface area (Å²) >= 11 is 12.5. The first kappa shape index (κ1) is 20.9. The minimum absolute atomic E-state index is 0.381. The van der Waals surface area contributed by atoms with E-state index in [1.54, 1.807) is 0 Å². The van der Waals surface area contributed by atoms with Gasteiger partial charge in [-0.25, -0.2) is 0 Å². The summed E-state index contributed by atoms with van der Waals surface area (Å²) in [7, 11) is 0. The Bertz CT molecular complexity index is 704. The lowest BCUT2D eigenvalue weighted by Gasteiger charge is -2.16. The molecular formula is C21H27Cl2NO2. The number of halogens is 2. The summed E-state index contributed by atoms with van der Waals surface area (Å²) in [5, 5.41) is 4.68. The van der Waals surface area contributed by atoms with Crippen LogP contribution in [-0.2, 0) is 13.2 Å². The van der Waals surface area contributed by atoms with E-state index < -0.39 is 0 Å². The lowest BCUT2D eigenvalue weighted by Crippen LogP contribution is -2.16. The van der Waals surface area contributed by atoms with Crippen LogP contribution in [0.5, 0.6) is 11.5 Å². The molecule has 26 heavy (non-hydrogen) atoms. The summed E-state index contributed by atoms with van der Waals surface area (Å²) in [5.41, 5.74) is 2.06. The number of hydrogen-bond acceptors (Lipinski definition) is 3. The van der Waals surface area contributed by atoms with Gasteiger partial charge >= 0.3 is 0 Å². The average Bonchev–Trinajstić information content (AvgIpc) is 2.58. The Morgan fingerprint density at radius 1 is 1.04 bits per heavy atom. The zero-order valence-corrected chi connectivity index (χ0v) is 17.2. The molecule has 5 heteroatoms. The van der Waals surface area contributed by atoms with E-state index >= 15 is 0 Å². The van der Waals surface area contributed by atoms with E-state index in [2.05, 4.69) is 19.2 Å². The van der Waals surface area contributed by atoms with Crippen LogP contribution < -0.4 is 14.8 Å². The molecule has 0 aromatic heterocycles. The molecule has 0 saturated carbocycles. The maximum Gasteiger partial charge on any atom is 0.180 e. The molecule has 142 valence electrons. The molecule has 0 aliphatic rings. The summed E-state index contributed by atoms with van der Waals surface area (Å²) in [5.74, 6) is 1.93. The largest absolute Gasteiger partial charge is 0.490 e. The molecule has 0 atom stereocenters. The van der Waals surface area contributed by atoms with Crippen molar-refractivity contribution < 1.29 is 9.47 Å². The van der Waals surface area contributed by atoms with Crippen molar-refractivity contribution in [3.8, 4) is 11.5 Å². The van der Waals surface area contributed by atoms with Crippen LogP contribution in [0.25, 0.3) is 0 Å². The Labute approximate surface area is 166 Å². The minimum atomic E-state index is 0.381. The Morgan fingerprint density at radius 3 is 2.54 bits per heavy atom. The molecular weight excluding hydrogens is 369 g/mol. The fourth-order valence-electron chi connectivity index (χ4n) is 2.53. The van der Waals surface area contributed by atoms with Crippen LogP contribution in [0.2, 0.25) is 10.0 Å². The molecule has 2 rings (SSSR count). The SMILES string of the molecule is CCOc1cc(CNCCC(C)C)cc(Cl)c1OCc1cccc(Cl)c1. The third kappa shape index (κ3) is 6.71. The first-order valence-corrected chi connectivity index (χ1v) is 9.78. The second-order valence-corrected chi connectivity index (χ2v) is 7.46. The van der Waals surface area contributed by atoms with Crippen molar-refractivity contribution in [3.05, 3.63) is 57.6 Å². The molecule has 2 aromatic carbocycles. The van der Waals surface area contributed by atoms with Crippen molar-refractivity contribution in [1.29, 1.82) is 0 Å². The third-order valence-electron chi connectivity index (χ3n) is 3.87. The maximum absolute atomic E-state index is 6.47. The van der Waals surface area contributed by atoms with E-state index in [1.807, 2.05) is 43.3 Å². The molecule has 1 N–H and O–H groups in total. The Kier molecular flexibility index (Phi) is 8.56. The van der Waals surface area contributed by atoms with Gasteiger partial charge in [0.05, 0.1) is 11.6 Å². The van der Waals surface area contributed by atoms with Gasteiger partial charge in [0, 0.05) is 11.6 Å². The summed E-state index contributed by atoms with van der Waals surface area (Å²) in [6, 6.07) is 11.5. The normalized spacial score (nSPS) is 11.0. The second kappa shape index (κ2) is 10.7. The van der Waals surface area contributed by atoms with Gasteiger partial charge in [-0.3, -0.25) is 0 Å². The van der Waals surface area contributed by atoms with E-state index in [0.29, 0.717) is 40.7 Å². The molecule has 0 heterocycles. The predicted molar refractivity (Wildman–Crippen MR) is 110 cm³/mol. The molecule has 0 amide bonds. The van der Waals surface area contributed by atoms with Gasteiger partial charge in [-0.2, -0.15) is 0 Å². The summed E-state index contributed by atoms with van der Waals surface area (Å²) in [6.45, 7) is 9.05. The summed E-state index contributed by atoms with van der Waals surface area (Å²) < 4.78 is 11.7. The lowest BCUT2D eigenvalue weighted by atomic mass is 10.1. The lowest BCUT2D eigenvalue weighted by molar-refractivity contribution is 0.269. The quantitative estimate of drug-likeness (QED) is 0.492. The molecule has 3 nitrogen and oxygen atoms in total. The highest BCUT2D eigenvalue weighted by molar-refractivity contribution is 6.32. The number of rotatable bonds is 10. The van der Waals surface area contributed by atoms with Crippen molar-refractivity contribution in [2.45, 2.75) is 40.3 Å². The van der Waals surface area contributed by atoms with Gasteiger partial charge in [-0.15, -0.1) is 0 Å². The fraction of sp³-hybridized carbons (Fsp3) is 0.429. The molecule has 0 saturated heterocycles. The van der Waals surface area contributed by atoms with Gasteiger partial charge in [-0.05, 0) is 61.2 Å². The van der Waals surface area contributed by atoms with Crippen LogP contribution in [0.4, 0.5) is 0 Å². The van der Waals surface area contributed by atoms with Crippen molar-refractivity contribution >= 4 is 23.2 Å². The average molecular weight is 396 g/mol. The molecule has 0 aliphatic heterocycles. The predicted octanol–water partition coefficient (Wildman–Crippen LogP) is 6.11. The van der Waals surface area contributed by atoms with Crippen molar-refractivity contribution in [2.24, 2.45) is 5.92 Å². The third-order valence-corrected chi connectivity index (χ3v) is 4.38. The number of benzene rings is 2. The van der Waals surface area contributed by atoms with E-state index in [-0.39, 0.29) is 0 Å². The molecule has 0 fully saturated rings. The van der Waals surface area contributed by atoms with Crippen LogP contribution >= 0.6 is 23.2 Å². The van der Waals surface area contributed by atoms with Gasteiger partial charge < -0.3 is 14.8 Å². The summed E-state index contributed by atoms with van der Waals surface area (Å²) in [6.07, 6.45) is 1.15. The van der Waals surface area contributed by atoms with Crippen molar-refractivity contribution in [2.75, 3.05) is 13.2 Å². The van der Waals surface area contributed by atoms with Gasteiger partial charge in [-0.1, -0.05) is 49.2 Å². The molecule has 0 spiro atoms. The van der Waals surface area contributed by atoms with Crippen LogP contribution in [0, 0.1) is 5.92 Å². The van der Waals surface area contributed by atoms with Crippen molar-refractivity contribution in [3.63, 3.8) is 0 Å². The molecule has 0 radical (unpaired) electrons. The highest BCUT2D eigenvalue weighted by atomic mass is 35.5. The zero-order chi connectivity index (χ0) is 18.9. The highest BCUT2D eigenvalue weighted by Gasteiger charge is 2.13. The highest BCUT2D eigenvalue weighted by Crippen LogP contribution is 2.37. The van der Waals surface area contributed by atoms with Gasteiger partial charge in [0.1, 0.15) is 6.61 Å². The molecule has 2 aromatic rings. The topological polar surface area (TPSA) is 30.5 Å². The minimum Gasteiger partial charge on any atom is -0.490 e. The van der Waals surface area contributed by atoms with Crippen molar-refractivity contribution in [1.82, 2.24) is 5.32 Å². The number of nitrogens with one attached hydrogen (secondary N) is 1. The van der Waals surface area contributed by atoms with E-state index in [4.69, 9.17) is 32.7 Å². The monoisotopic (exact) mass is 395 g/mol. The Balaban J connectivity index is 2.07. The smallest absolute Gasteiger partial charge is 0.180 e. The first-order chi connectivity index (χ1) is 12.5. The number of hydrogen-bond donors (Lipinski definition) is 1. The van der Waals surface area contributed by atoms with E-state index in [1.165, 1.54) is 0 Å². The summed E-state index contributed by atoms with van der Waals surface area (Å²) in [4.78, 5) is 0. The zero-order valence-electron chi connectivity index (χ0n) is 15.6. The van der Waals surface area contributed by atoms with E-state index in [0.717, 1.165) is 30.6 Å². The fourth-order valence-corrected chi connectivity index (χ4v) is 3.03. The van der Waals surface area contributed by atoms with Crippen LogP contribution in [-0.4, -0.2) is 13.2 Å². The first-order valence-electron chi connectivity index (χ1n) is 9.02. The molecule has 0 bridgehead atoms. The molecule has 0 aliphatic carbocycles. The van der Waals surface area contributed by atoms with Gasteiger partial charge in [0.15, 0.2) is 11.5 Å². The van der Waals surface area contributed by atoms with Crippen LogP contribution in [0.1, 0.15) is 38.3 Å². The number of ether oxygens (including phenoxy) is 2. The Hall–Kier alpha value is -1.42. The molecule has 0 unspecified atom stereocenters. The second-order valence-electron chi connectivity index (χ2n) is 6.62. The van der Waals surface area contributed by atoms with Crippen LogP contribution in [0.15, 0.2) is 36.4 Å². The van der Waals surface area contributed by atoms with Gasteiger partial charge in [0.25, 0.3) is 0 Å².